The second kappa shape index (κ2) is 8.74. The number of amides is 2. The molecule has 0 atom stereocenters. The fourth-order valence-corrected chi connectivity index (χ4v) is 5.28. The normalized spacial score (nSPS) is 25.8. The second-order valence-electron chi connectivity index (χ2n) is 9.03. The molecule has 2 heterocycles. The molecule has 158 valence electrons. The zero-order chi connectivity index (χ0) is 20.4. The fourth-order valence-electron chi connectivity index (χ4n) is 5.28. The first-order valence-corrected chi connectivity index (χ1v) is 11.1. The van der Waals surface area contributed by atoms with E-state index in [0.29, 0.717) is 12.0 Å². The number of anilines is 1. The highest BCUT2D eigenvalue weighted by Crippen LogP contribution is 2.33. The van der Waals surface area contributed by atoms with Crippen LogP contribution in [0.2, 0.25) is 0 Å². The van der Waals surface area contributed by atoms with Crippen LogP contribution in [0.4, 0.5) is 10.5 Å². The molecule has 29 heavy (non-hydrogen) atoms. The lowest BCUT2D eigenvalue weighted by Gasteiger charge is -2.34. The van der Waals surface area contributed by atoms with Gasteiger partial charge in [0.25, 0.3) is 0 Å². The predicted octanol–water partition coefficient (Wildman–Crippen LogP) is 3.73. The molecule has 2 fully saturated rings. The van der Waals surface area contributed by atoms with Crippen LogP contribution in [0.25, 0.3) is 0 Å². The molecule has 6 heteroatoms. The van der Waals surface area contributed by atoms with E-state index in [0.717, 1.165) is 76.8 Å². The van der Waals surface area contributed by atoms with Gasteiger partial charge < -0.3 is 14.9 Å². The van der Waals surface area contributed by atoms with E-state index < -0.39 is 5.97 Å². The van der Waals surface area contributed by atoms with Crippen LogP contribution in [0.15, 0.2) is 18.2 Å². The number of nitrogens with zero attached hydrogens (tertiary/aromatic N) is 3. The summed E-state index contributed by atoms with van der Waals surface area (Å²) in [4.78, 5) is 30.3. The van der Waals surface area contributed by atoms with Crippen LogP contribution in [0.5, 0.6) is 0 Å². The fraction of sp³-hybridized carbons (Fsp3) is 0.652. The van der Waals surface area contributed by atoms with Crippen LogP contribution >= 0.6 is 0 Å². The van der Waals surface area contributed by atoms with Gasteiger partial charge in [0.1, 0.15) is 0 Å². The first kappa shape index (κ1) is 20.2. The van der Waals surface area contributed by atoms with E-state index >= 15 is 0 Å². The molecule has 1 aromatic carbocycles. The van der Waals surface area contributed by atoms with Crippen molar-refractivity contribution in [3.05, 3.63) is 29.3 Å². The summed E-state index contributed by atoms with van der Waals surface area (Å²) in [5, 5.41) is 8.88. The summed E-state index contributed by atoms with van der Waals surface area (Å²) in [6, 6.07) is 7.00. The lowest BCUT2D eigenvalue weighted by atomic mass is 9.83. The molecule has 4 rings (SSSR count). The standard InChI is InChI=1S/C23H33N3O3/c1-24-12-2-3-18-15-21(10-7-19(18)16-24)26-14-13-25(23(26)29)20-8-4-17(5-9-20)6-11-22(27)28/h7,10,15,17,20H,2-6,8-9,11-14,16H2,1H3,(H,27,28). The van der Waals surface area contributed by atoms with Gasteiger partial charge in [-0.1, -0.05) is 6.07 Å². The number of benzene rings is 1. The maximum atomic E-state index is 13.2. The molecule has 2 aliphatic heterocycles. The van der Waals surface area contributed by atoms with Gasteiger partial charge in [-0.05, 0) is 87.7 Å². The van der Waals surface area contributed by atoms with Gasteiger partial charge in [-0.25, -0.2) is 4.79 Å². The zero-order valence-corrected chi connectivity index (χ0v) is 17.5. The molecule has 6 nitrogen and oxygen atoms in total. The maximum absolute atomic E-state index is 13.2. The minimum absolute atomic E-state index is 0.143. The van der Waals surface area contributed by atoms with Crippen molar-refractivity contribution >= 4 is 17.7 Å². The lowest BCUT2D eigenvalue weighted by molar-refractivity contribution is -0.137. The van der Waals surface area contributed by atoms with Crippen LogP contribution in [0.3, 0.4) is 0 Å². The third-order valence-corrected chi connectivity index (χ3v) is 6.99. The maximum Gasteiger partial charge on any atom is 0.324 e. The lowest BCUT2D eigenvalue weighted by Crippen LogP contribution is -2.41. The quantitative estimate of drug-likeness (QED) is 0.819. The zero-order valence-electron chi connectivity index (χ0n) is 17.5. The molecule has 1 saturated heterocycles. The minimum Gasteiger partial charge on any atom is -0.481 e. The monoisotopic (exact) mass is 399 g/mol. The van der Waals surface area contributed by atoms with E-state index in [1.807, 2.05) is 4.90 Å². The molecule has 0 aromatic heterocycles. The number of aliphatic carboxylic acids is 1. The highest BCUT2D eigenvalue weighted by Gasteiger charge is 2.36. The summed E-state index contributed by atoms with van der Waals surface area (Å²) < 4.78 is 0. The van der Waals surface area contributed by atoms with Crippen molar-refractivity contribution in [2.45, 2.75) is 64.0 Å². The van der Waals surface area contributed by atoms with Crippen molar-refractivity contribution in [1.29, 1.82) is 0 Å². The highest BCUT2D eigenvalue weighted by atomic mass is 16.4. The summed E-state index contributed by atoms with van der Waals surface area (Å²) in [7, 11) is 2.17. The van der Waals surface area contributed by atoms with Gasteiger partial charge in [-0.15, -0.1) is 0 Å². The van der Waals surface area contributed by atoms with Gasteiger partial charge in [0, 0.05) is 37.8 Å². The van der Waals surface area contributed by atoms with Crippen LogP contribution in [-0.4, -0.2) is 59.6 Å². The molecule has 0 radical (unpaired) electrons. The molecule has 0 bridgehead atoms. The summed E-state index contributed by atoms with van der Waals surface area (Å²) >= 11 is 0. The first-order chi connectivity index (χ1) is 14.0. The predicted molar refractivity (Wildman–Crippen MR) is 113 cm³/mol. The van der Waals surface area contributed by atoms with E-state index in [4.69, 9.17) is 5.11 Å². The van der Waals surface area contributed by atoms with E-state index in [-0.39, 0.29) is 12.5 Å². The Kier molecular flexibility index (Phi) is 6.09. The van der Waals surface area contributed by atoms with Crippen molar-refractivity contribution in [2.24, 2.45) is 5.92 Å². The molecule has 1 N–H and O–H groups in total. The van der Waals surface area contributed by atoms with Gasteiger partial charge in [0.15, 0.2) is 0 Å². The molecule has 3 aliphatic rings. The van der Waals surface area contributed by atoms with Crippen LogP contribution in [-0.2, 0) is 17.8 Å². The van der Waals surface area contributed by atoms with Crippen LogP contribution < -0.4 is 4.90 Å². The number of carbonyl (C=O) groups excluding carboxylic acids is 1. The SMILES string of the molecule is CN1CCCc2cc(N3CCN(C4CCC(CCC(=O)O)CC4)C3=O)ccc2C1. The van der Waals surface area contributed by atoms with Crippen molar-refractivity contribution in [3.8, 4) is 0 Å². The molecule has 0 unspecified atom stereocenters. The Morgan fingerprint density at radius 2 is 1.90 bits per heavy atom. The Bertz CT molecular complexity index is 758. The second-order valence-corrected chi connectivity index (χ2v) is 9.03. The van der Waals surface area contributed by atoms with E-state index in [1.165, 1.54) is 11.1 Å². The molecule has 2 amide bonds. The third-order valence-electron chi connectivity index (χ3n) is 6.99. The molecule has 1 aliphatic carbocycles. The van der Waals surface area contributed by atoms with Gasteiger partial charge >= 0.3 is 12.0 Å². The van der Waals surface area contributed by atoms with E-state index in [9.17, 15) is 9.59 Å². The summed E-state index contributed by atoms with van der Waals surface area (Å²) in [5.74, 6) is -0.205. The first-order valence-electron chi connectivity index (χ1n) is 11.1. The third kappa shape index (κ3) is 4.58. The van der Waals surface area contributed by atoms with Gasteiger partial charge in [0.05, 0.1) is 0 Å². The van der Waals surface area contributed by atoms with Crippen molar-refractivity contribution in [2.75, 3.05) is 31.6 Å². The number of hydrogen-bond acceptors (Lipinski definition) is 3. The highest BCUT2D eigenvalue weighted by molar-refractivity contribution is 5.94. The number of aryl methyl sites for hydroxylation is 1. The Hall–Kier alpha value is -2.08. The number of carboxylic acids is 1. The number of rotatable bonds is 5. The molecule has 0 spiro atoms. The summed E-state index contributed by atoms with van der Waals surface area (Å²) in [6.45, 7) is 3.66. The smallest absolute Gasteiger partial charge is 0.324 e. The average Bonchev–Trinajstić information content (AvgIpc) is 2.98. The topological polar surface area (TPSA) is 64.1 Å². The molecule has 1 aromatic rings. The van der Waals surface area contributed by atoms with Gasteiger partial charge in [-0.3, -0.25) is 9.69 Å². The van der Waals surface area contributed by atoms with E-state index in [1.54, 1.807) is 0 Å². The number of carbonyl (C=O) groups is 2. The van der Waals surface area contributed by atoms with Crippen molar-refractivity contribution < 1.29 is 14.7 Å². The average molecular weight is 400 g/mol. The van der Waals surface area contributed by atoms with Crippen LogP contribution in [0, 0.1) is 5.92 Å². The van der Waals surface area contributed by atoms with E-state index in [2.05, 4.69) is 35.0 Å². The molecular weight excluding hydrogens is 366 g/mol. The number of carboxylic acid groups (broad SMARTS) is 1. The Morgan fingerprint density at radius 1 is 1.10 bits per heavy atom. The van der Waals surface area contributed by atoms with Crippen molar-refractivity contribution in [3.63, 3.8) is 0 Å². The summed E-state index contributed by atoms with van der Waals surface area (Å²) in [5.41, 5.74) is 3.81. The van der Waals surface area contributed by atoms with Crippen LogP contribution in [0.1, 0.15) is 56.1 Å². The van der Waals surface area contributed by atoms with Gasteiger partial charge in [0.2, 0.25) is 0 Å². The molecule has 1 saturated carbocycles. The Balaban J connectivity index is 1.37. The Labute approximate surface area is 173 Å². The Morgan fingerprint density at radius 3 is 2.66 bits per heavy atom. The largest absolute Gasteiger partial charge is 0.481 e. The summed E-state index contributed by atoms with van der Waals surface area (Å²) in [6.07, 6.45) is 7.35. The molecular formula is C23H33N3O3. The number of hydrogen-bond donors (Lipinski definition) is 1. The van der Waals surface area contributed by atoms with Gasteiger partial charge in [-0.2, -0.15) is 0 Å². The number of fused-ring (bicyclic) bond motifs is 1. The minimum atomic E-state index is -0.704. The van der Waals surface area contributed by atoms with Crippen molar-refractivity contribution in [1.82, 2.24) is 9.80 Å². The number of urea groups is 1.